The predicted molar refractivity (Wildman–Crippen MR) is 92.7 cm³/mol. The third kappa shape index (κ3) is 4.87. The van der Waals surface area contributed by atoms with Crippen LogP contribution >= 0.6 is 0 Å². The molecule has 2 aromatic heterocycles. The molecule has 7 nitrogen and oxygen atoms in total. The van der Waals surface area contributed by atoms with Gasteiger partial charge in [0.25, 0.3) is 5.91 Å². The second-order valence-electron chi connectivity index (χ2n) is 6.18. The van der Waals surface area contributed by atoms with Gasteiger partial charge in [0.1, 0.15) is 12.1 Å². The van der Waals surface area contributed by atoms with Crippen LogP contribution in [0.1, 0.15) is 36.0 Å². The first-order chi connectivity index (χ1) is 12.3. The van der Waals surface area contributed by atoms with Gasteiger partial charge >= 0.3 is 0 Å². The lowest BCUT2D eigenvalue weighted by Crippen LogP contribution is -2.39. The number of amides is 1. The normalized spacial score (nSPS) is 20.4. The Bertz CT molecular complexity index is 667. The van der Waals surface area contributed by atoms with Gasteiger partial charge in [-0.1, -0.05) is 0 Å². The van der Waals surface area contributed by atoms with Crippen molar-refractivity contribution < 1.29 is 14.3 Å². The average Bonchev–Trinajstić information content (AvgIpc) is 3.18. The maximum absolute atomic E-state index is 12.5. The molecule has 25 heavy (non-hydrogen) atoms. The zero-order valence-corrected chi connectivity index (χ0v) is 14.4. The minimum atomic E-state index is -0.0625. The topological polar surface area (TPSA) is 78.3 Å². The molecule has 0 saturated heterocycles. The molecule has 1 aliphatic carbocycles. The van der Waals surface area contributed by atoms with Crippen LogP contribution in [0.5, 0.6) is 0 Å². The molecule has 1 amide bonds. The highest BCUT2D eigenvalue weighted by Crippen LogP contribution is 2.21. The Kier molecular flexibility index (Phi) is 6.14. The summed E-state index contributed by atoms with van der Waals surface area (Å²) in [4.78, 5) is 20.8. The van der Waals surface area contributed by atoms with Crippen LogP contribution in [-0.4, -0.2) is 52.9 Å². The van der Waals surface area contributed by atoms with Crippen molar-refractivity contribution in [2.45, 2.75) is 37.8 Å². The molecule has 7 heteroatoms. The Morgan fingerprint density at radius 1 is 1.28 bits per heavy atom. The van der Waals surface area contributed by atoms with Gasteiger partial charge < -0.3 is 14.8 Å². The monoisotopic (exact) mass is 344 g/mol. The highest BCUT2D eigenvalue weighted by molar-refractivity contribution is 5.94. The molecule has 0 aromatic carbocycles. The number of rotatable bonds is 7. The molecule has 134 valence electrons. The van der Waals surface area contributed by atoms with Crippen molar-refractivity contribution in [1.29, 1.82) is 0 Å². The van der Waals surface area contributed by atoms with Crippen LogP contribution in [-0.2, 0) is 9.47 Å². The molecule has 0 spiro atoms. The molecule has 1 saturated carbocycles. The van der Waals surface area contributed by atoms with Crippen LogP contribution in [0, 0.1) is 0 Å². The van der Waals surface area contributed by atoms with E-state index in [1.807, 2.05) is 0 Å². The second kappa shape index (κ2) is 8.73. The van der Waals surface area contributed by atoms with Gasteiger partial charge in [-0.05, 0) is 37.8 Å². The first kappa shape index (κ1) is 17.6. The molecule has 1 N–H and O–H groups in total. The number of hydrogen-bond acceptors (Lipinski definition) is 5. The molecule has 2 heterocycles. The van der Waals surface area contributed by atoms with E-state index in [-0.39, 0.29) is 18.1 Å². The van der Waals surface area contributed by atoms with E-state index in [0.29, 0.717) is 24.6 Å². The minimum absolute atomic E-state index is 0.0625. The fourth-order valence-corrected chi connectivity index (χ4v) is 3.04. The van der Waals surface area contributed by atoms with E-state index in [0.717, 1.165) is 25.7 Å². The molecule has 0 radical (unpaired) electrons. The van der Waals surface area contributed by atoms with Crippen LogP contribution < -0.4 is 5.32 Å². The lowest BCUT2D eigenvalue weighted by molar-refractivity contribution is -0.00408. The summed E-state index contributed by atoms with van der Waals surface area (Å²) in [6, 6.07) is 3.70. The lowest BCUT2D eigenvalue weighted by atomic mass is 9.92. The number of nitrogens with one attached hydrogen (secondary N) is 1. The van der Waals surface area contributed by atoms with Crippen molar-refractivity contribution in [2.24, 2.45) is 0 Å². The predicted octanol–water partition coefficient (Wildman–Crippen LogP) is 1.97. The molecule has 1 fully saturated rings. The van der Waals surface area contributed by atoms with E-state index < -0.39 is 0 Å². The summed E-state index contributed by atoms with van der Waals surface area (Å²) in [5.74, 6) is 0.618. The fraction of sp³-hybridized carbons (Fsp3) is 0.500. The SMILES string of the molecule is COCCO[C@H]1CC[C@H](NC(=O)c2ccnc(-n3ccnc3)c2)CC1. The van der Waals surface area contributed by atoms with Crippen molar-refractivity contribution in [3.63, 3.8) is 0 Å². The van der Waals surface area contributed by atoms with Gasteiger partial charge in [0.2, 0.25) is 0 Å². The van der Waals surface area contributed by atoms with Crippen LogP contribution in [0.4, 0.5) is 0 Å². The van der Waals surface area contributed by atoms with E-state index in [4.69, 9.17) is 9.47 Å². The second-order valence-corrected chi connectivity index (χ2v) is 6.18. The Labute approximate surface area is 147 Å². The number of carbonyl (C=O) groups is 1. The quantitative estimate of drug-likeness (QED) is 0.777. The van der Waals surface area contributed by atoms with Crippen molar-refractivity contribution in [3.05, 3.63) is 42.6 Å². The molecule has 0 unspecified atom stereocenters. The summed E-state index contributed by atoms with van der Waals surface area (Å²) in [6.07, 6.45) is 10.9. The van der Waals surface area contributed by atoms with Crippen molar-refractivity contribution in [1.82, 2.24) is 19.9 Å². The van der Waals surface area contributed by atoms with Gasteiger partial charge in [-0.15, -0.1) is 0 Å². The van der Waals surface area contributed by atoms with Crippen molar-refractivity contribution in [2.75, 3.05) is 20.3 Å². The summed E-state index contributed by atoms with van der Waals surface area (Å²) in [5.41, 5.74) is 0.608. The number of ether oxygens (including phenoxy) is 2. The smallest absolute Gasteiger partial charge is 0.251 e. The number of carbonyl (C=O) groups excluding carboxylic acids is 1. The van der Waals surface area contributed by atoms with Crippen LogP contribution in [0.2, 0.25) is 0 Å². The van der Waals surface area contributed by atoms with Gasteiger partial charge in [0.15, 0.2) is 0 Å². The number of imidazole rings is 1. The minimum Gasteiger partial charge on any atom is -0.382 e. The third-order valence-corrected chi connectivity index (χ3v) is 4.43. The molecular weight excluding hydrogens is 320 g/mol. The van der Waals surface area contributed by atoms with Gasteiger partial charge in [-0.25, -0.2) is 9.97 Å². The molecule has 0 aliphatic heterocycles. The van der Waals surface area contributed by atoms with Gasteiger partial charge in [0, 0.05) is 37.3 Å². The van der Waals surface area contributed by atoms with Gasteiger partial charge in [-0.3, -0.25) is 9.36 Å². The highest BCUT2D eigenvalue weighted by Gasteiger charge is 2.23. The molecule has 0 bridgehead atoms. The average molecular weight is 344 g/mol. The molecule has 1 aliphatic rings. The Hall–Kier alpha value is -2.25. The maximum atomic E-state index is 12.5. The van der Waals surface area contributed by atoms with Crippen LogP contribution in [0.3, 0.4) is 0 Å². The van der Waals surface area contributed by atoms with Crippen LogP contribution in [0.15, 0.2) is 37.1 Å². The highest BCUT2D eigenvalue weighted by atomic mass is 16.5. The third-order valence-electron chi connectivity index (χ3n) is 4.43. The summed E-state index contributed by atoms with van der Waals surface area (Å²) >= 11 is 0. The first-order valence-corrected chi connectivity index (χ1v) is 8.62. The number of methoxy groups -OCH3 is 1. The molecular formula is C18H24N4O3. The summed E-state index contributed by atoms with van der Waals surface area (Å²) < 4.78 is 12.5. The summed E-state index contributed by atoms with van der Waals surface area (Å²) in [6.45, 7) is 1.25. The molecule has 2 aromatic rings. The van der Waals surface area contributed by atoms with E-state index in [2.05, 4.69) is 15.3 Å². The first-order valence-electron chi connectivity index (χ1n) is 8.62. The van der Waals surface area contributed by atoms with Gasteiger partial charge in [0.05, 0.1) is 19.3 Å². The zero-order chi connectivity index (χ0) is 17.5. The van der Waals surface area contributed by atoms with Crippen molar-refractivity contribution >= 4 is 5.91 Å². The Balaban J connectivity index is 1.51. The van der Waals surface area contributed by atoms with E-state index >= 15 is 0 Å². The molecule has 3 rings (SSSR count). The lowest BCUT2D eigenvalue weighted by Gasteiger charge is -2.29. The number of nitrogens with zero attached hydrogens (tertiary/aromatic N) is 3. The Morgan fingerprint density at radius 3 is 2.84 bits per heavy atom. The molecule has 0 atom stereocenters. The van der Waals surface area contributed by atoms with Crippen molar-refractivity contribution in [3.8, 4) is 5.82 Å². The van der Waals surface area contributed by atoms with E-state index in [1.54, 1.807) is 48.7 Å². The number of pyridine rings is 1. The fourth-order valence-electron chi connectivity index (χ4n) is 3.04. The van der Waals surface area contributed by atoms with E-state index in [1.165, 1.54) is 0 Å². The van der Waals surface area contributed by atoms with Crippen LogP contribution in [0.25, 0.3) is 5.82 Å². The van der Waals surface area contributed by atoms with E-state index in [9.17, 15) is 4.79 Å². The summed E-state index contributed by atoms with van der Waals surface area (Å²) in [5, 5.41) is 3.12. The largest absolute Gasteiger partial charge is 0.382 e. The standard InChI is InChI=1S/C18H24N4O3/c1-24-10-11-25-16-4-2-15(3-5-16)21-18(23)14-6-7-20-17(12-14)22-9-8-19-13-22/h6-9,12-13,15-16H,2-5,10-11H2,1H3,(H,21,23)/t15-,16-. The number of aromatic nitrogens is 3. The summed E-state index contributed by atoms with van der Waals surface area (Å²) in [7, 11) is 1.67. The van der Waals surface area contributed by atoms with Gasteiger partial charge in [-0.2, -0.15) is 0 Å². The Morgan fingerprint density at radius 2 is 2.12 bits per heavy atom. The maximum Gasteiger partial charge on any atom is 0.251 e. The number of hydrogen-bond donors (Lipinski definition) is 1. The zero-order valence-electron chi connectivity index (χ0n) is 14.4.